The van der Waals surface area contributed by atoms with Crippen LogP contribution < -0.4 is 9.67 Å². The number of hydrogen-bond donors (Lipinski definition) is 0. The maximum atomic E-state index is 10.7. The molecule has 0 unspecified atom stereocenters. The average Bonchev–Trinajstić information content (AvgIpc) is 2.67. The minimum absolute atomic E-state index is 0.0584. The van der Waals surface area contributed by atoms with Gasteiger partial charge in [-0.05, 0) is 12.8 Å². The van der Waals surface area contributed by atoms with Gasteiger partial charge in [0.25, 0.3) is 0 Å². The maximum Gasteiger partial charge on any atom is 0.396 e. The van der Waals surface area contributed by atoms with Crippen molar-refractivity contribution in [3.63, 3.8) is 0 Å². The van der Waals surface area contributed by atoms with Gasteiger partial charge in [0.05, 0.1) is 0 Å². The van der Waals surface area contributed by atoms with Crippen LogP contribution >= 0.6 is 0 Å². The van der Waals surface area contributed by atoms with Gasteiger partial charge in [0, 0.05) is 12.8 Å². The van der Waals surface area contributed by atoms with Crippen LogP contribution in [0.4, 0.5) is 0 Å². The third-order valence-electron chi connectivity index (χ3n) is 2.78. The second-order valence-electron chi connectivity index (χ2n) is 3.69. The van der Waals surface area contributed by atoms with Crippen LogP contribution in [-0.2, 0) is 0 Å². The highest BCUT2D eigenvalue weighted by Gasteiger charge is 2.27. The van der Waals surface area contributed by atoms with E-state index in [9.17, 15) is 9.90 Å². The molecule has 1 saturated carbocycles. The molecule has 0 N–H and O–H groups in total. The molecule has 0 amide bonds. The van der Waals surface area contributed by atoms with Gasteiger partial charge < -0.3 is 14.3 Å². The summed E-state index contributed by atoms with van der Waals surface area (Å²) >= 11 is 0. The van der Waals surface area contributed by atoms with Crippen LogP contribution in [0.25, 0.3) is 0 Å². The number of carboxylic acid groups (broad SMARTS) is 1. The van der Waals surface area contributed by atoms with E-state index in [0.717, 1.165) is 25.7 Å². The Kier molecular flexibility index (Phi) is 2.52. The van der Waals surface area contributed by atoms with Gasteiger partial charge in [0.2, 0.25) is 6.20 Å². The van der Waals surface area contributed by atoms with Crippen LogP contribution in [0.5, 0.6) is 0 Å². The lowest BCUT2D eigenvalue weighted by Gasteiger charge is -2.16. The van der Waals surface area contributed by atoms with Gasteiger partial charge in [-0.25, -0.2) is 0 Å². The lowest BCUT2D eigenvalue weighted by Crippen LogP contribution is -2.46. The molecular weight excluding hydrogens is 182 g/mol. The van der Waals surface area contributed by atoms with Crippen molar-refractivity contribution >= 4 is 5.97 Å². The van der Waals surface area contributed by atoms with E-state index >= 15 is 0 Å². The molecule has 1 aliphatic rings. The van der Waals surface area contributed by atoms with Crippen molar-refractivity contribution in [2.75, 3.05) is 0 Å². The van der Waals surface area contributed by atoms with Crippen molar-refractivity contribution in [2.45, 2.75) is 38.1 Å². The van der Waals surface area contributed by atoms with Crippen LogP contribution in [0, 0.1) is 0 Å². The Morgan fingerprint density at radius 3 is 2.79 bits per heavy atom. The number of oxazole rings is 1. The first kappa shape index (κ1) is 9.24. The van der Waals surface area contributed by atoms with Crippen molar-refractivity contribution in [2.24, 2.45) is 0 Å². The lowest BCUT2D eigenvalue weighted by molar-refractivity contribution is -0.732. The highest BCUT2D eigenvalue weighted by atomic mass is 16.4. The molecule has 2 rings (SSSR count). The highest BCUT2D eigenvalue weighted by molar-refractivity contribution is 5.78. The number of nitrogens with zero attached hydrogens (tertiary/aromatic N) is 1. The van der Waals surface area contributed by atoms with E-state index in [1.807, 2.05) is 0 Å². The summed E-state index contributed by atoms with van der Waals surface area (Å²) in [6.45, 7) is 0. The van der Waals surface area contributed by atoms with E-state index in [4.69, 9.17) is 4.42 Å². The Morgan fingerprint density at radius 2 is 2.14 bits per heavy atom. The summed E-state index contributed by atoms with van der Waals surface area (Å²) in [5.41, 5.74) is 0. The number of hydrogen-bond acceptors (Lipinski definition) is 3. The smallest absolute Gasteiger partial charge is 0.396 e. The molecule has 4 heteroatoms. The third-order valence-corrected chi connectivity index (χ3v) is 2.78. The molecular formula is C10H13NO3. The van der Waals surface area contributed by atoms with Crippen LogP contribution in [0.3, 0.4) is 0 Å². The molecule has 1 aromatic rings. The molecule has 1 fully saturated rings. The Hall–Kier alpha value is -1.32. The van der Waals surface area contributed by atoms with Gasteiger partial charge in [0.15, 0.2) is 18.3 Å². The number of carbonyl (C=O) groups excluding carboxylic acids is 1. The molecule has 0 aliphatic heterocycles. The second-order valence-corrected chi connectivity index (χ2v) is 3.69. The molecule has 0 spiro atoms. The standard InChI is InChI=1S/C10H13NO3/c12-10(13)9-11(6-7-14-9)8-4-2-1-3-5-8/h6-8H,1-5H2. The fourth-order valence-corrected chi connectivity index (χ4v) is 2.09. The molecule has 0 aromatic carbocycles. The van der Waals surface area contributed by atoms with E-state index in [0.29, 0.717) is 0 Å². The quantitative estimate of drug-likeness (QED) is 0.643. The summed E-state index contributed by atoms with van der Waals surface area (Å²) < 4.78 is 6.57. The second kappa shape index (κ2) is 3.82. The van der Waals surface area contributed by atoms with E-state index < -0.39 is 5.97 Å². The summed E-state index contributed by atoms with van der Waals surface area (Å²) in [4.78, 5) is 10.7. The topological polar surface area (TPSA) is 57.1 Å². The van der Waals surface area contributed by atoms with Crippen molar-refractivity contribution < 1.29 is 18.9 Å². The first-order valence-corrected chi connectivity index (χ1v) is 4.99. The zero-order valence-corrected chi connectivity index (χ0v) is 7.94. The van der Waals surface area contributed by atoms with Gasteiger partial charge in [-0.3, -0.25) is 0 Å². The molecule has 14 heavy (non-hydrogen) atoms. The molecule has 0 atom stereocenters. The van der Waals surface area contributed by atoms with E-state index in [1.54, 1.807) is 10.8 Å². The lowest BCUT2D eigenvalue weighted by atomic mass is 9.95. The number of rotatable bonds is 2. The van der Waals surface area contributed by atoms with Crippen molar-refractivity contribution in [1.82, 2.24) is 0 Å². The van der Waals surface area contributed by atoms with E-state index in [-0.39, 0.29) is 11.9 Å². The Balaban J connectivity index is 2.21. The Labute approximate surface area is 82.2 Å². The molecule has 1 heterocycles. The van der Waals surface area contributed by atoms with E-state index in [1.165, 1.54) is 12.7 Å². The van der Waals surface area contributed by atoms with E-state index in [2.05, 4.69) is 0 Å². The number of aromatic nitrogens is 1. The van der Waals surface area contributed by atoms with Crippen LogP contribution in [0.15, 0.2) is 16.9 Å². The van der Waals surface area contributed by atoms with Crippen LogP contribution in [-0.4, -0.2) is 5.97 Å². The summed E-state index contributed by atoms with van der Waals surface area (Å²) in [7, 11) is 0. The monoisotopic (exact) mass is 195 g/mol. The zero-order valence-electron chi connectivity index (χ0n) is 7.94. The first-order chi connectivity index (χ1) is 6.79. The molecule has 1 aliphatic carbocycles. The normalized spacial score (nSPS) is 18.3. The fraction of sp³-hybridized carbons (Fsp3) is 0.600. The predicted octanol–water partition coefficient (Wildman–Crippen LogP) is 0.436. The fourth-order valence-electron chi connectivity index (χ4n) is 2.09. The molecule has 0 saturated heterocycles. The summed E-state index contributed by atoms with van der Waals surface area (Å²) in [5, 5.41) is 10.7. The average molecular weight is 195 g/mol. The van der Waals surface area contributed by atoms with Gasteiger partial charge in [-0.2, -0.15) is 4.57 Å². The number of aromatic carboxylic acids is 1. The van der Waals surface area contributed by atoms with Crippen LogP contribution in [0.1, 0.15) is 48.8 Å². The van der Waals surface area contributed by atoms with Crippen molar-refractivity contribution in [1.29, 1.82) is 0 Å². The minimum Gasteiger partial charge on any atom is -0.537 e. The number of carbonyl (C=O) groups is 1. The summed E-state index contributed by atoms with van der Waals surface area (Å²) in [5.74, 6) is -1.29. The zero-order chi connectivity index (χ0) is 9.97. The Morgan fingerprint density at radius 1 is 1.43 bits per heavy atom. The highest BCUT2D eigenvalue weighted by Crippen LogP contribution is 2.23. The Bertz CT molecular complexity index is 326. The van der Waals surface area contributed by atoms with Gasteiger partial charge in [-0.1, -0.05) is 6.42 Å². The molecule has 0 radical (unpaired) electrons. The number of carboxylic acids is 1. The van der Waals surface area contributed by atoms with Gasteiger partial charge in [-0.15, -0.1) is 0 Å². The van der Waals surface area contributed by atoms with Gasteiger partial charge in [0.1, 0.15) is 0 Å². The molecule has 4 nitrogen and oxygen atoms in total. The third kappa shape index (κ3) is 1.64. The van der Waals surface area contributed by atoms with Crippen LogP contribution in [0.2, 0.25) is 0 Å². The van der Waals surface area contributed by atoms with Crippen molar-refractivity contribution in [3.8, 4) is 0 Å². The SMILES string of the molecule is O=C([O-])c1occ[n+]1C1CCCCC1. The molecule has 76 valence electrons. The minimum atomic E-state index is -1.24. The van der Waals surface area contributed by atoms with Gasteiger partial charge >= 0.3 is 5.89 Å². The largest absolute Gasteiger partial charge is 0.537 e. The maximum absolute atomic E-state index is 10.7. The molecule has 0 bridgehead atoms. The van der Waals surface area contributed by atoms with Crippen molar-refractivity contribution in [3.05, 3.63) is 18.4 Å². The summed E-state index contributed by atoms with van der Waals surface area (Å²) in [6.07, 6.45) is 8.72. The molecule has 1 aromatic heterocycles. The summed E-state index contributed by atoms with van der Waals surface area (Å²) in [6, 6.07) is 0.274. The predicted molar refractivity (Wildman–Crippen MR) is 45.4 cm³/mol. The first-order valence-electron chi connectivity index (χ1n) is 4.99.